The number of carboxylic acid groups (broad SMARTS) is 1. The Kier molecular flexibility index (Phi) is 4.39. The topological polar surface area (TPSA) is 87.2 Å². The van der Waals surface area contributed by atoms with Gasteiger partial charge >= 0.3 is 10.8 Å². The minimum atomic E-state index is -0.863. The van der Waals surface area contributed by atoms with Gasteiger partial charge in [0, 0.05) is 11.3 Å². The molecule has 0 aliphatic heterocycles. The third kappa shape index (κ3) is 3.68. The Labute approximate surface area is 116 Å². The fourth-order valence-electron chi connectivity index (χ4n) is 1.53. The van der Waals surface area contributed by atoms with Gasteiger partial charge in [-0.25, -0.2) is 0 Å². The SMILES string of the molecule is O=C(O)CCSCC(=O)c1ccc2[nH]c(=O)sc2c1. The van der Waals surface area contributed by atoms with Crippen molar-refractivity contribution in [2.24, 2.45) is 0 Å². The van der Waals surface area contributed by atoms with E-state index in [1.807, 2.05) is 0 Å². The monoisotopic (exact) mass is 297 g/mol. The number of ketones is 1. The molecule has 0 amide bonds. The van der Waals surface area contributed by atoms with Crippen LogP contribution in [0, 0.1) is 0 Å². The minimum absolute atomic E-state index is 0.0520. The highest BCUT2D eigenvalue weighted by molar-refractivity contribution is 8.00. The van der Waals surface area contributed by atoms with E-state index in [4.69, 9.17) is 5.11 Å². The summed E-state index contributed by atoms with van der Waals surface area (Å²) in [6.45, 7) is 0. The van der Waals surface area contributed by atoms with Crippen LogP contribution in [-0.2, 0) is 4.79 Å². The van der Waals surface area contributed by atoms with Gasteiger partial charge in [-0.05, 0) is 18.2 Å². The highest BCUT2D eigenvalue weighted by Crippen LogP contribution is 2.18. The first-order valence-electron chi connectivity index (χ1n) is 5.52. The molecule has 7 heteroatoms. The third-order valence-corrected chi connectivity index (χ3v) is 4.24. The predicted molar refractivity (Wildman–Crippen MR) is 76.4 cm³/mol. The molecule has 2 aromatic rings. The number of carboxylic acids is 1. The van der Waals surface area contributed by atoms with Crippen molar-refractivity contribution < 1.29 is 14.7 Å². The van der Waals surface area contributed by atoms with Crippen LogP contribution in [0.3, 0.4) is 0 Å². The van der Waals surface area contributed by atoms with Crippen LogP contribution in [0.4, 0.5) is 0 Å². The van der Waals surface area contributed by atoms with Gasteiger partial charge in [0.1, 0.15) is 0 Å². The van der Waals surface area contributed by atoms with Crippen molar-refractivity contribution in [3.8, 4) is 0 Å². The lowest BCUT2D eigenvalue weighted by molar-refractivity contribution is -0.136. The first kappa shape index (κ1) is 13.8. The molecule has 0 unspecified atom stereocenters. The van der Waals surface area contributed by atoms with E-state index in [9.17, 15) is 14.4 Å². The summed E-state index contributed by atoms with van der Waals surface area (Å²) in [4.78, 5) is 35.9. The lowest BCUT2D eigenvalue weighted by Crippen LogP contribution is -2.04. The number of rotatable bonds is 6. The summed E-state index contributed by atoms with van der Waals surface area (Å²) < 4.78 is 0.756. The summed E-state index contributed by atoms with van der Waals surface area (Å²) in [5.74, 6) is -0.254. The van der Waals surface area contributed by atoms with Crippen molar-refractivity contribution in [2.45, 2.75) is 6.42 Å². The number of aliphatic carboxylic acids is 1. The smallest absolute Gasteiger partial charge is 0.305 e. The van der Waals surface area contributed by atoms with E-state index >= 15 is 0 Å². The Morgan fingerprint density at radius 2 is 2.16 bits per heavy atom. The summed E-state index contributed by atoms with van der Waals surface area (Å²) in [7, 11) is 0. The summed E-state index contributed by atoms with van der Waals surface area (Å²) in [6, 6.07) is 5.07. The first-order valence-corrected chi connectivity index (χ1v) is 7.49. The number of aromatic nitrogens is 1. The van der Waals surface area contributed by atoms with Crippen molar-refractivity contribution in [1.29, 1.82) is 0 Å². The molecular weight excluding hydrogens is 286 g/mol. The molecule has 1 aromatic carbocycles. The van der Waals surface area contributed by atoms with Crippen molar-refractivity contribution in [1.82, 2.24) is 4.98 Å². The number of carbonyl (C=O) groups is 2. The van der Waals surface area contributed by atoms with Crippen molar-refractivity contribution in [2.75, 3.05) is 11.5 Å². The zero-order valence-corrected chi connectivity index (χ0v) is 11.5. The molecule has 5 nitrogen and oxygen atoms in total. The first-order chi connectivity index (χ1) is 9.06. The highest BCUT2D eigenvalue weighted by Gasteiger charge is 2.09. The van der Waals surface area contributed by atoms with Gasteiger partial charge in [-0.3, -0.25) is 14.4 Å². The van der Waals surface area contributed by atoms with Gasteiger partial charge in [0.25, 0.3) is 0 Å². The molecule has 0 bridgehead atoms. The van der Waals surface area contributed by atoms with Gasteiger partial charge in [0.2, 0.25) is 0 Å². The molecule has 1 aromatic heterocycles. The molecule has 0 fully saturated rings. The molecule has 0 atom stereocenters. The number of H-pyrrole nitrogens is 1. The van der Waals surface area contributed by atoms with Crippen LogP contribution >= 0.6 is 23.1 Å². The Morgan fingerprint density at radius 1 is 1.37 bits per heavy atom. The molecular formula is C12H11NO4S2. The fraction of sp³-hybridized carbons (Fsp3) is 0.250. The van der Waals surface area contributed by atoms with E-state index in [1.54, 1.807) is 18.2 Å². The lowest BCUT2D eigenvalue weighted by Gasteiger charge is -2.00. The highest BCUT2D eigenvalue weighted by atomic mass is 32.2. The molecule has 1 heterocycles. The van der Waals surface area contributed by atoms with Crippen LogP contribution in [0.2, 0.25) is 0 Å². The number of nitrogens with one attached hydrogen (secondary N) is 1. The van der Waals surface area contributed by atoms with Crippen molar-refractivity contribution >= 4 is 45.1 Å². The lowest BCUT2D eigenvalue weighted by atomic mass is 10.1. The molecule has 100 valence electrons. The summed E-state index contributed by atoms with van der Waals surface area (Å²) in [5, 5.41) is 8.49. The normalized spacial score (nSPS) is 10.7. The largest absolute Gasteiger partial charge is 0.481 e. The molecule has 0 radical (unpaired) electrons. The second-order valence-corrected chi connectivity index (χ2v) is 5.96. The van der Waals surface area contributed by atoms with Gasteiger partial charge in [0.15, 0.2) is 5.78 Å². The number of hydrogen-bond donors (Lipinski definition) is 2. The summed E-state index contributed by atoms with van der Waals surface area (Å²) in [6.07, 6.45) is 0.0520. The standard InChI is InChI=1S/C12H11NO4S2/c14-9(6-18-4-3-11(15)16)7-1-2-8-10(5-7)19-12(17)13-8/h1-2,5H,3-4,6H2,(H,13,17)(H,15,16). The number of hydrogen-bond acceptors (Lipinski definition) is 5. The molecule has 0 saturated carbocycles. The van der Waals surface area contributed by atoms with Gasteiger partial charge in [0.05, 0.1) is 22.4 Å². The Bertz CT molecular complexity index is 674. The molecule has 0 saturated heterocycles. The van der Waals surface area contributed by atoms with E-state index in [2.05, 4.69) is 4.98 Å². The van der Waals surface area contributed by atoms with Gasteiger partial charge < -0.3 is 10.1 Å². The molecule has 0 aliphatic carbocycles. The Morgan fingerprint density at radius 3 is 2.89 bits per heavy atom. The molecule has 2 rings (SSSR count). The van der Waals surface area contributed by atoms with Crippen LogP contribution in [0.5, 0.6) is 0 Å². The van der Waals surface area contributed by atoms with Gasteiger partial charge in [-0.15, -0.1) is 0 Å². The Hall–Kier alpha value is -1.60. The van der Waals surface area contributed by atoms with Crippen LogP contribution < -0.4 is 4.87 Å². The Balaban J connectivity index is 2.00. The van der Waals surface area contributed by atoms with Crippen LogP contribution in [-0.4, -0.2) is 33.3 Å². The van der Waals surface area contributed by atoms with Crippen molar-refractivity contribution in [3.05, 3.63) is 33.4 Å². The third-order valence-electron chi connectivity index (χ3n) is 2.44. The number of thioether (sulfide) groups is 1. The zero-order chi connectivity index (χ0) is 13.8. The fourth-order valence-corrected chi connectivity index (χ4v) is 3.12. The van der Waals surface area contributed by atoms with Crippen LogP contribution in [0.25, 0.3) is 10.2 Å². The maximum Gasteiger partial charge on any atom is 0.305 e. The number of thiazole rings is 1. The number of Topliss-reactive ketones (excluding diaryl/α,β-unsaturated/α-hetero) is 1. The number of aromatic amines is 1. The maximum absolute atomic E-state index is 11.9. The molecule has 0 aliphatic rings. The second kappa shape index (κ2) is 6.03. The predicted octanol–water partition coefficient (Wildman–Crippen LogP) is 1.98. The summed E-state index contributed by atoms with van der Waals surface area (Å²) in [5.41, 5.74) is 1.27. The average Bonchev–Trinajstić information content (AvgIpc) is 2.73. The van der Waals surface area contributed by atoms with E-state index in [0.29, 0.717) is 11.3 Å². The molecule has 2 N–H and O–H groups in total. The van der Waals surface area contributed by atoms with E-state index in [1.165, 1.54) is 11.8 Å². The summed E-state index contributed by atoms with van der Waals surface area (Å²) >= 11 is 2.37. The minimum Gasteiger partial charge on any atom is -0.481 e. The zero-order valence-electron chi connectivity index (χ0n) is 9.84. The van der Waals surface area contributed by atoms with Crippen LogP contribution in [0.15, 0.2) is 23.0 Å². The molecule has 19 heavy (non-hydrogen) atoms. The van der Waals surface area contributed by atoms with E-state index in [0.717, 1.165) is 21.6 Å². The van der Waals surface area contributed by atoms with Gasteiger partial charge in [-0.2, -0.15) is 11.8 Å². The quantitative estimate of drug-likeness (QED) is 0.629. The van der Waals surface area contributed by atoms with E-state index < -0.39 is 5.97 Å². The van der Waals surface area contributed by atoms with Crippen molar-refractivity contribution in [3.63, 3.8) is 0 Å². The van der Waals surface area contributed by atoms with Gasteiger partial charge in [-0.1, -0.05) is 11.3 Å². The number of benzene rings is 1. The second-order valence-electron chi connectivity index (χ2n) is 3.84. The maximum atomic E-state index is 11.9. The average molecular weight is 297 g/mol. The molecule has 0 spiro atoms. The van der Waals surface area contributed by atoms with E-state index in [-0.39, 0.29) is 22.8 Å². The number of carbonyl (C=O) groups excluding carboxylic acids is 1. The number of fused-ring (bicyclic) bond motifs is 1. The van der Waals surface area contributed by atoms with Crippen LogP contribution in [0.1, 0.15) is 16.8 Å².